The Morgan fingerprint density at radius 1 is 1.57 bits per heavy atom. The predicted octanol–water partition coefficient (Wildman–Crippen LogP) is 3.54. The molecule has 74 valence electrons. The lowest BCUT2D eigenvalue weighted by molar-refractivity contribution is -0.384. The van der Waals surface area contributed by atoms with Crippen molar-refractivity contribution in [3.63, 3.8) is 0 Å². The van der Waals surface area contributed by atoms with Crippen LogP contribution in [0.5, 0.6) is 0 Å². The van der Waals surface area contributed by atoms with E-state index in [9.17, 15) is 10.1 Å². The van der Waals surface area contributed by atoms with E-state index in [0.717, 1.165) is 5.56 Å². The molecule has 3 nitrogen and oxygen atoms in total. The SMILES string of the molecule is C=CC(C)c1cc(Cl)cc([N+](=O)[O-])c1. The molecule has 4 heteroatoms. The van der Waals surface area contributed by atoms with Gasteiger partial charge in [-0.1, -0.05) is 24.6 Å². The molecule has 0 saturated carbocycles. The Balaban J connectivity index is 3.19. The lowest BCUT2D eigenvalue weighted by Crippen LogP contribution is -1.93. The molecule has 1 unspecified atom stereocenters. The van der Waals surface area contributed by atoms with Gasteiger partial charge in [-0.15, -0.1) is 6.58 Å². The van der Waals surface area contributed by atoms with Crippen molar-refractivity contribution in [2.75, 3.05) is 0 Å². The van der Waals surface area contributed by atoms with E-state index in [0.29, 0.717) is 5.02 Å². The van der Waals surface area contributed by atoms with Gasteiger partial charge in [-0.3, -0.25) is 10.1 Å². The van der Waals surface area contributed by atoms with Crippen LogP contribution < -0.4 is 0 Å². The van der Waals surface area contributed by atoms with Crippen molar-refractivity contribution in [2.45, 2.75) is 12.8 Å². The van der Waals surface area contributed by atoms with E-state index in [1.807, 2.05) is 6.92 Å². The Kier molecular flexibility index (Phi) is 3.25. The second-order valence-corrected chi connectivity index (χ2v) is 3.46. The van der Waals surface area contributed by atoms with Crippen LogP contribution in [0.3, 0.4) is 0 Å². The van der Waals surface area contributed by atoms with Crippen LogP contribution in [0.4, 0.5) is 5.69 Å². The highest BCUT2D eigenvalue weighted by atomic mass is 35.5. The second-order valence-electron chi connectivity index (χ2n) is 3.02. The summed E-state index contributed by atoms with van der Waals surface area (Å²) >= 11 is 5.76. The number of nitro benzene ring substituents is 1. The first-order chi connectivity index (χ1) is 6.54. The van der Waals surface area contributed by atoms with E-state index in [2.05, 4.69) is 6.58 Å². The van der Waals surface area contributed by atoms with E-state index in [1.54, 1.807) is 12.1 Å². The van der Waals surface area contributed by atoms with Gasteiger partial charge >= 0.3 is 0 Å². The molecule has 1 atom stereocenters. The quantitative estimate of drug-likeness (QED) is 0.436. The van der Waals surface area contributed by atoms with Crippen LogP contribution in [0, 0.1) is 10.1 Å². The molecule has 0 N–H and O–H groups in total. The number of non-ortho nitro benzene ring substituents is 1. The highest BCUT2D eigenvalue weighted by molar-refractivity contribution is 6.30. The van der Waals surface area contributed by atoms with Gasteiger partial charge in [0.15, 0.2) is 0 Å². The van der Waals surface area contributed by atoms with Crippen molar-refractivity contribution in [1.82, 2.24) is 0 Å². The summed E-state index contributed by atoms with van der Waals surface area (Å²) in [5.41, 5.74) is 0.820. The average molecular weight is 212 g/mol. The van der Waals surface area contributed by atoms with Crippen molar-refractivity contribution in [3.05, 3.63) is 51.6 Å². The summed E-state index contributed by atoms with van der Waals surface area (Å²) in [7, 11) is 0. The first-order valence-corrected chi connectivity index (χ1v) is 4.50. The molecule has 0 fully saturated rings. The Labute approximate surface area is 87.2 Å². The van der Waals surface area contributed by atoms with Crippen LogP contribution in [0.2, 0.25) is 5.02 Å². The second kappa shape index (κ2) is 4.24. The molecule has 0 bridgehead atoms. The molecule has 14 heavy (non-hydrogen) atoms. The fourth-order valence-corrected chi connectivity index (χ4v) is 1.34. The summed E-state index contributed by atoms with van der Waals surface area (Å²) in [4.78, 5) is 10.1. The zero-order chi connectivity index (χ0) is 10.7. The highest BCUT2D eigenvalue weighted by Gasteiger charge is 2.11. The minimum Gasteiger partial charge on any atom is -0.258 e. The van der Waals surface area contributed by atoms with E-state index < -0.39 is 4.92 Å². The number of benzene rings is 1. The predicted molar refractivity (Wildman–Crippen MR) is 56.7 cm³/mol. The van der Waals surface area contributed by atoms with Crippen LogP contribution in [-0.2, 0) is 0 Å². The molecule has 0 aliphatic carbocycles. The summed E-state index contributed by atoms with van der Waals surface area (Å²) < 4.78 is 0. The first-order valence-electron chi connectivity index (χ1n) is 4.12. The van der Waals surface area contributed by atoms with Crippen LogP contribution in [0.15, 0.2) is 30.9 Å². The monoisotopic (exact) mass is 211 g/mol. The number of halogens is 1. The molecule has 1 aromatic rings. The van der Waals surface area contributed by atoms with Crippen LogP contribution >= 0.6 is 11.6 Å². The Morgan fingerprint density at radius 2 is 2.21 bits per heavy atom. The van der Waals surface area contributed by atoms with Gasteiger partial charge in [-0.2, -0.15) is 0 Å². The number of allylic oxidation sites excluding steroid dienone is 1. The first kappa shape index (κ1) is 10.7. The Bertz CT molecular complexity index is 376. The minimum absolute atomic E-state index is 0.0150. The molecular weight excluding hydrogens is 202 g/mol. The van der Waals surface area contributed by atoms with Crippen molar-refractivity contribution in [2.24, 2.45) is 0 Å². The van der Waals surface area contributed by atoms with Gasteiger partial charge < -0.3 is 0 Å². The summed E-state index contributed by atoms with van der Waals surface area (Å²) in [5, 5.41) is 10.9. The smallest absolute Gasteiger partial charge is 0.258 e. The zero-order valence-electron chi connectivity index (χ0n) is 7.74. The van der Waals surface area contributed by atoms with Gasteiger partial charge in [0.2, 0.25) is 0 Å². The molecule has 1 rings (SSSR count). The van der Waals surface area contributed by atoms with Gasteiger partial charge in [0.1, 0.15) is 0 Å². The molecule has 0 aliphatic rings. The summed E-state index contributed by atoms with van der Waals surface area (Å²) in [5.74, 6) is 0.0624. The topological polar surface area (TPSA) is 43.1 Å². The number of nitrogens with zero attached hydrogens (tertiary/aromatic N) is 1. The average Bonchev–Trinajstić information content (AvgIpc) is 2.15. The highest BCUT2D eigenvalue weighted by Crippen LogP contribution is 2.26. The van der Waals surface area contributed by atoms with E-state index in [4.69, 9.17) is 11.6 Å². The fourth-order valence-electron chi connectivity index (χ4n) is 1.10. The molecule has 0 amide bonds. The van der Waals surface area contributed by atoms with Crippen molar-refractivity contribution in [3.8, 4) is 0 Å². The third-order valence-corrected chi connectivity index (χ3v) is 2.21. The van der Waals surface area contributed by atoms with Gasteiger partial charge in [-0.05, 0) is 17.5 Å². The van der Waals surface area contributed by atoms with E-state index >= 15 is 0 Å². The number of nitro groups is 1. The maximum absolute atomic E-state index is 10.5. The molecular formula is C10H10ClNO2. The summed E-state index contributed by atoms with van der Waals surface area (Å²) in [6.07, 6.45) is 1.72. The molecule has 0 spiro atoms. The molecule has 0 radical (unpaired) electrons. The van der Waals surface area contributed by atoms with Crippen molar-refractivity contribution in [1.29, 1.82) is 0 Å². The van der Waals surface area contributed by atoms with Gasteiger partial charge in [0.05, 0.1) is 4.92 Å². The molecule has 0 heterocycles. The van der Waals surface area contributed by atoms with Crippen LogP contribution in [-0.4, -0.2) is 4.92 Å². The summed E-state index contributed by atoms with van der Waals surface area (Å²) in [6, 6.07) is 4.56. The standard InChI is InChI=1S/C10H10ClNO2/c1-3-7(2)8-4-9(11)6-10(5-8)12(13)14/h3-7H,1H2,2H3. The Morgan fingerprint density at radius 3 is 2.71 bits per heavy atom. The van der Waals surface area contributed by atoms with Crippen LogP contribution in [0.25, 0.3) is 0 Å². The zero-order valence-corrected chi connectivity index (χ0v) is 8.49. The van der Waals surface area contributed by atoms with Crippen molar-refractivity contribution >= 4 is 17.3 Å². The van der Waals surface area contributed by atoms with E-state index in [1.165, 1.54) is 12.1 Å². The summed E-state index contributed by atoms with van der Waals surface area (Å²) in [6.45, 7) is 5.53. The molecule has 0 aliphatic heterocycles. The van der Waals surface area contributed by atoms with E-state index in [-0.39, 0.29) is 11.6 Å². The molecule has 1 aromatic carbocycles. The fraction of sp³-hybridized carbons (Fsp3) is 0.200. The number of hydrogen-bond acceptors (Lipinski definition) is 2. The lowest BCUT2D eigenvalue weighted by atomic mass is 10.0. The normalized spacial score (nSPS) is 12.1. The molecule has 0 aromatic heterocycles. The Hall–Kier alpha value is -1.35. The lowest BCUT2D eigenvalue weighted by Gasteiger charge is -2.06. The van der Waals surface area contributed by atoms with Gasteiger partial charge in [0, 0.05) is 17.2 Å². The van der Waals surface area contributed by atoms with Crippen molar-refractivity contribution < 1.29 is 4.92 Å². The van der Waals surface area contributed by atoms with Gasteiger partial charge in [0.25, 0.3) is 5.69 Å². The largest absolute Gasteiger partial charge is 0.271 e. The number of hydrogen-bond donors (Lipinski definition) is 0. The third-order valence-electron chi connectivity index (χ3n) is 2.00. The maximum atomic E-state index is 10.5. The maximum Gasteiger partial charge on any atom is 0.271 e. The van der Waals surface area contributed by atoms with Crippen LogP contribution in [0.1, 0.15) is 18.4 Å². The number of rotatable bonds is 3. The molecule has 0 saturated heterocycles. The van der Waals surface area contributed by atoms with Gasteiger partial charge in [-0.25, -0.2) is 0 Å². The third kappa shape index (κ3) is 2.33. The minimum atomic E-state index is -0.453.